The fourth-order valence-corrected chi connectivity index (χ4v) is 4.17. The molecule has 6 nitrogen and oxygen atoms in total. The van der Waals surface area contributed by atoms with Gasteiger partial charge >= 0.3 is 0 Å². The Morgan fingerprint density at radius 2 is 1.79 bits per heavy atom. The Morgan fingerprint density at radius 3 is 2.52 bits per heavy atom. The number of aryl methyl sites for hydroxylation is 1. The molecule has 3 rings (SSSR count). The second-order valence-corrected chi connectivity index (χ2v) is 8.31. The zero-order valence-corrected chi connectivity index (χ0v) is 17.5. The summed E-state index contributed by atoms with van der Waals surface area (Å²) in [6.07, 6.45) is 2.52. The van der Waals surface area contributed by atoms with Crippen LogP contribution in [0.15, 0.2) is 47.3 Å². The summed E-state index contributed by atoms with van der Waals surface area (Å²) >= 11 is 0. The number of piperidine rings is 1. The van der Waals surface area contributed by atoms with Gasteiger partial charge in [0, 0.05) is 37.7 Å². The number of amides is 1. The van der Waals surface area contributed by atoms with Gasteiger partial charge in [0.15, 0.2) is 0 Å². The van der Waals surface area contributed by atoms with Crippen molar-refractivity contribution in [1.29, 1.82) is 0 Å². The molecule has 0 saturated carbocycles. The number of carbonyl (C=O) groups excluding carboxylic acids is 1. The van der Waals surface area contributed by atoms with Gasteiger partial charge in [0.1, 0.15) is 0 Å². The number of carbonyl (C=O) groups is 1. The number of benzene rings is 1. The Bertz CT molecular complexity index is 839. The molecule has 29 heavy (non-hydrogen) atoms. The Morgan fingerprint density at radius 1 is 1.07 bits per heavy atom. The second kappa shape index (κ2) is 10.3. The van der Waals surface area contributed by atoms with Crippen LogP contribution in [0, 0.1) is 11.8 Å². The predicted molar refractivity (Wildman–Crippen MR) is 116 cm³/mol. The van der Waals surface area contributed by atoms with Gasteiger partial charge in [-0.2, -0.15) is 5.10 Å². The smallest absolute Gasteiger partial charge is 0.266 e. The van der Waals surface area contributed by atoms with Gasteiger partial charge in [-0.15, -0.1) is 0 Å². The van der Waals surface area contributed by atoms with Crippen LogP contribution in [0.25, 0.3) is 11.3 Å². The molecule has 2 heterocycles. The molecule has 1 aromatic carbocycles. The lowest BCUT2D eigenvalue weighted by atomic mass is 9.92. The first kappa shape index (κ1) is 21.2. The number of aromatic nitrogens is 2. The SMILES string of the molecule is C[C@H]1C[C@H](C)CN(CCCNC(=O)CCn2nc(-c3ccccc3)ccc2=O)C1. The highest BCUT2D eigenvalue weighted by molar-refractivity contribution is 5.75. The van der Waals surface area contributed by atoms with E-state index in [9.17, 15) is 9.59 Å². The predicted octanol–water partition coefficient (Wildman–Crippen LogP) is 2.78. The third-order valence-electron chi connectivity index (χ3n) is 5.40. The molecule has 2 atom stereocenters. The first-order valence-corrected chi connectivity index (χ1v) is 10.6. The molecule has 0 spiro atoms. The van der Waals surface area contributed by atoms with Gasteiger partial charge in [-0.05, 0) is 37.3 Å². The molecule has 6 heteroatoms. The first-order chi connectivity index (χ1) is 14.0. The molecule has 1 N–H and O–H groups in total. The number of hydrogen-bond acceptors (Lipinski definition) is 4. The van der Waals surface area contributed by atoms with E-state index in [1.54, 1.807) is 6.07 Å². The van der Waals surface area contributed by atoms with E-state index in [-0.39, 0.29) is 24.4 Å². The van der Waals surface area contributed by atoms with E-state index in [4.69, 9.17) is 0 Å². The van der Waals surface area contributed by atoms with E-state index in [1.807, 2.05) is 30.3 Å². The summed E-state index contributed by atoms with van der Waals surface area (Å²) in [6, 6.07) is 12.9. The maximum atomic E-state index is 12.2. The zero-order valence-electron chi connectivity index (χ0n) is 17.5. The molecule has 156 valence electrons. The molecule has 1 amide bonds. The fraction of sp³-hybridized carbons (Fsp3) is 0.522. The summed E-state index contributed by atoms with van der Waals surface area (Å²) in [4.78, 5) is 26.7. The summed E-state index contributed by atoms with van der Waals surface area (Å²) < 4.78 is 1.37. The molecular weight excluding hydrogens is 364 g/mol. The third kappa shape index (κ3) is 6.53. The van der Waals surface area contributed by atoms with E-state index in [0.717, 1.165) is 49.1 Å². The van der Waals surface area contributed by atoms with Crippen LogP contribution in [-0.4, -0.2) is 46.8 Å². The Labute approximate surface area is 172 Å². The topological polar surface area (TPSA) is 67.2 Å². The van der Waals surface area contributed by atoms with Crippen LogP contribution in [0.5, 0.6) is 0 Å². The molecule has 1 aromatic heterocycles. The molecule has 1 saturated heterocycles. The van der Waals surface area contributed by atoms with Gasteiger partial charge < -0.3 is 10.2 Å². The van der Waals surface area contributed by atoms with Crippen molar-refractivity contribution in [3.8, 4) is 11.3 Å². The van der Waals surface area contributed by atoms with E-state index < -0.39 is 0 Å². The largest absolute Gasteiger partial charge is 0.356 e. The van der Waals surface area contributed by atoms with Crippen molar-refractivity contribution < 1.29 is 4.79 Å². The minimum atomic E-state index is -0.189. The molecule has 1 aliphatic heterocycles. The summed E-state index contributed by atoms with van der Waals surface area (Å²) in [7, 11) is 0. The van der Waals surface area contributed by atoms with E-state index in [1.165, 1.54) is 17.2 Å². The highest BCUT2D eigenvalue weighted by Crippen LogP contribution is 2.20. The van der Waals surface area contributed by atoms with Gasteiger partial charge in [0.2, 0.25) is 5.91 Å². The van der Waals surface area contributed by atoms with Gasteiger partial charge in [-0.25, -0.2) is 4.68 Å². The fourth-order valence-electron chi connectivity index (χ4n) is 4.17. The molecule has 0 bridgehead atoms. The average Bonchev–Trinajstić information content (AvgIpc) is 2.70. The van der Waals surface area contributed by atoms with Crippen molar-refractivity contribution in [2.24, 2.45) is 11.8 Å². The van der Waals surface area contributed by atoms with Crippen LogP contribution >= 0.6 is 0 Å². The maximum absolute atomic E-state index is 12.2. The number of nitrogens with one attached hydrogen (secondary N) is 1. The lowest BCUT2D eigenvalue weighted by Gasteiger charge is -2.34. The molecule has 0 unspecified atom stereocenters. The van der Waals surface area contributed by atoms with Gasteiger partial charge in [-0.1, -0.05) is 44.2 Å². The Hall–Kier alpha value is -2.47. The van der Waals surface area contributed by atoms with Crippen LogP contribution in [0.3, 0.4) is 0 Å². The van der Waals surface area contributed by atoms with Crippen molar-refractivity contribution in [2.45, 2.75) is 39.7 Å². The van der Waals surface area contributed by atoms with Gasteiger partial charge in [0.25, 0.3) is 5.56 Å². The summed E-state index contributed by atoms with van der Waals surface area (Å²) in [5, 5.41) is 7.38. The van der Waals surface area contributed by atoms with E-state index >= 15 is 0 Å². The van der Waals surface area contributed by atoms with E-state index in [0.29, 0.717) is 6.54 Å². The molecular formula is C23H32N4O2. The monoisotopic (exact) mass is 396 g/mol. The summed E-state index contributed by atoms with van der Waals surface area (Å²) in [5.74, 6) is 1.47. The first-order valence-electron chi connectivity index (χ1n) is 10.6. The van der Waals surface area contributed by atoms with Crippen molar-refractivity contribution in [3.63, 3.8) is 0 Å². The lowest BCUT2D eigenvalue weighted by Crippen LogP contribution is -2.40. The molecule has 2 aromatic rings. The Balaban J connectivity index is 1.42. The minimum absolute atomic E-state index is 0.0378. The highest BCUT2D eigenvalue weighted by atomic mass is 16.2. The quantitative estimate of drug-likeness (QED) is 0.697. The zero-order chi connectivity index (χ0) is 20.6. The van der Waals surface area contributed by atoms with Crippen LogP contribution < -0.4 is 10.9 Å². The standard InChI is InChI=1S/C23H32N4O2/c1-18-15-19(2)17-26(16-18)13-6-12-24-22(28)11-14-27-23(29)10-9-21(25-27)20-7-4-3-5-8-20/h3-5,7-10,18-19H,6,11-17H2,1-2H3,(H,24,28)/t18-,19-/m0/s1. The maximum Gasteiger partial charge on any atom is 0.266 e. The van der Waals surface area contributed by atoms with E-state index in [2.05, 4.69) is 29.2 Å². The van der Waals surface area contributed by atoms with Crippen LogP contribution in [0.4, 0.5) is 0 Å². The minimum Gasteiger partial charge on any atom is -0.356 e. The van der Waals surface area contributed by atoms with Crippen LogP contribution in [0.2, 0.25) is 0 Å². The van der Waals surface area contributed by atoms with Crippen molar-refractivity contribution in [2.75, 3.05) is 26.2 Å². The molecule has 1 fully saturated rings. The lowest BCUT2D eigenvalue weighted by molar-refractivity contribution is -0.121. The number of hydrogen-bond donors (Lipinski definition) is 1. The van der Waals surface area contributed by atoms with Gasteiger partial charge in [0.05, 0.1) is 12.2 Å². The molecule has 1 aliphatic rings. The normalized spacial score (nSPS) is 19.8. The molecule has 0 radical (unpaired) electrons. The highest BCUT2D eigenvalue weighted by Gasteiger charge is 2.21. The van der Waals surface area contributed by atoms with Crippen molar-refractivity contribution in [3.05, 3.63) is 52.8 Å². The second-order valence-electron chi connectivity index (χ2n) is 8.31. The number of likely N-dealkylation sites (tertiary alicyclic amines) is 1. The van der Waals surface area contributed by atoms with Crippen LogP contribution in [-0.2, 0) is 11.3 Å². The molecule has 0 aliphatic carbocycles. The van der Waals surface area contributed by atoms with Crippen molar-refractivity contribution in [1.82, 2.24) is 20.0 Å². The van der Waals surface area contributed by atoms with Crippen molar-refractivity contribution >= 4 is 5.91 Å². The number of rotatable bonds is 8. The summed E-state index contributed by atoms with van der Waals surface area (Å²) in [5.41, 5.74) is 1.49. The summed E-state index contributed by atoms with van der Waals surface area (Å²) in [6.45, 7) is 8.92. The number of nitrogens with zero attached hydrogens (tertiary/aromatic N) is 3. The average molecular weight is 397 g/mol. The van der Waals surface area contributed by atoms with Crippen LogP contribution in [0.1, 0.15) is 33.1 Å². The van der Waals surface area contributed by atoms with Gasteiger partial charge in [-0.3, -0.25) is 9.59 Å². The third-order valence-corrected chi connectivity index (χ3v) is 5.40. The Kier molecular flexibility index (Phi) is 7.58.